The first-order valence-corrected chi connectivity index (χ1v) is 6.49. The number of benzene rings is 2. The van der Waals surface area contributed by atoms with Crippen molar-refractivity contribution in [2.45, 2.75) is 24.5 Å². The van der Waals surface area contributed by atoms with E-state index in [0.29, 0.717) is 0 Å². The number of hydrogen-bond acceptors (Lipinski definition) is 1. The van der Waals surface area contributed by atoms with E-state index in [0.717, 1.165) is 5.75 Å². The Labute approximate surface area is 102 Å². The summed E-state index contributed by atoms with van der Waals surface area (Å²) in [6.45, 7) is 4.36. The van der Waals surface area contributed by atoms with Gasteiger partial charge in [0, 0.05) is 10.6 Å². The lowest BCUT2D eigenvalue weighted by Gasteiger charge is -2.08. The molecule has 0 nitrogen and oxygen atoms in total. The Bertz CT molecular complexity index is 440. The van der Waals surface area contributed by atoms with Crippen molar-refractivity contribution < 1.29 is 0 Å². The molecule has 0 saturated heterocycles. The molecule has 0 aliphatic carbocycles. The van der Waals surface area contributed by atoms with Gasteiger partial charge in [-0.3, -0.25) is 0 Å². The van der Waals surface area contributed by atoms with Crippen molar-refractivity contribution in [2.24, 2.45) is 0 Å². The summed E-state index contributed by atoms with van der Waals surface area (Å²) in [6.07, 6.45) is 0. The van der Waals surface area contributed by atoms with Gasteiger partial charge in [0.2, 0.25) is 0 Å². The first-order valence-electron chi connectivity index (χ1n) is 5.50. The molecule has 2 aromatic rings. The molecule has 0 aliphatic rings. The maximum atomic E-state index is 2.18. The molecule has 0 unspecified atom stereocenters. The van der Waals surface area contributed by atoms with E-state index in [1.54, 1.807) is 0 Å². The summed E-state index contributed by atoms with van der Waals surface area (Å²) in [6, 6.07) is 17.1. The van der Waals surface area contributed by atoms with Crippen molar-refractivity contribution >= 4 is 11.8 Å². The molecule has 0 saturated carbocycles. The van der Waals surface area contributed by atoms with E-state index in [2.05, 4.69) is 62.4 Å². The third-order valence-electron chi connectivity index (χ3n) is 2.63. The minimum Gasteiger partial charge on any atom is -0.121 e. The number of thioether (sulfide) groups is 1. The predicted octanol–water partition coefficient (Wildman–Crippen LogP) is 4.60. The fourth-order valence-electron chi connectivity index (χ4n) is 1.76. The highest BCUT2D eigenvalue weighted by molar-refractivity contribution is 7.98. The molecule has 0 heterocycles. The second kappa shape index (κ2) is 5.22. The van der Waals surface area contributed by atoms with E-state index >= 15 is 0 Å². The Hall–Kier alpha value is -1.21. The largest absolute Gasteiger partial charge is 0.121 e. The van der Waals surface area contributed by atoms with Gasteiger partial charge in [-0.25, -0.2) is 0 Å². The van der Waals surface area contributed by atoms with Gasteiger partial charge in [-0.15, -0.1) is 11.8 Å². The number of rotatable bonds is 3. The van der Waals surface area contributed by atoms with E-state index < -0.39 is 0 Å². The highest BCUT2D eigenvalue weighted by Gasteiger charge is 2.02. The highest BCUT2D eigenvalue weighted by Crippen LogP contribution is 2.28. The average molecular weight is 228 g/mol. The Balaban J connectivity index is 2.11. The summed E-state index contributed by atoms with van der Waals surface area (Å²) in [5.74, 6) is 1.05. The fraction of sp³-hybridized carbons (Fsp3) is 0.200. The zero-order valence-electron chi connectivity index (χ0n) is 9.73. The Kier molecular flexibility index (Phi) is 3.68. The lowest BCUT2D eigenvalue weighted by Crippen LogP contribution is -1.86. The molecular weight excluding hydrogens is 212 g/mol. The van der Waals surface area contributed by atoms with Crippen molar-refractivity contribution in [1.29, 1.82) is 0 Å². The summed E-state index contributed by atoms with van der Waals surface area (Å²) in [7, 11) is 0. The summed E-state index contributed by atoms with van der Waals surface area (Å²) in [5.41, 5.74) is 4.14. The maximum absolute atomic E-state index is 2.18. The monoisotopic (exact) mass is 228 g/mol. The van der Waals surface area contributed by atoms with Gasteiger partial charge in [0.15, 0.2) is 0 Å². The van der Waals surface area contributed by atoms with Gasteiger partial charge in [0.25, 0.3) is 0 Å². The first kappa shape index (κ1) is 11.3. The third-order valence-corrected chi connectivity index (χ3v) is 4.05. The van der Waals surface area contributed by atoms with Crippen LogP contribution in [0.15, 0.2) is 53.4 Å². The second-order valence-electron chi connectivity index (χ2n) is 4.00. The standard InChI is InChI=1S/C15H16S/c1-12-7-6-8-13(2)15(12)16-11-14-9-4-3-5-10-14/h3-10H,11H2,1-2H3. The van der Waals surface area contributed by atoms with E-state index in [1.165, 1.54) is 21.6 Å². The summed E-state index contributed by atoms with van der Waals surface area (Å²) < 4.78 is 0. The Morgan fingerprint density at radius 3 is 2.06 bits per heavy atom. The first-order chi connectivity index (χ1) is 7.77. The van der Waals surface area contributed by atoms with Crippen LogP contribution < -0.4 is 0 Å². The second-order valence-corrected chi connectivity index (χ2v) is 4.98. The van der Waals surface area contributed by atoms with Crippen LogP contribution in [-0.2, 0) is 5.75 Å². The summed E-state index contributed by atoms with van der Waals surface area (Å²) in [5, 5.41) is 0. The van der Waals surface area contributed by atoms with Gasteiger partial charge >= 0.3 is 0 Å². The van der Waals surface area contributed by atoms with Crippen LogP contribution in [0.1, 0.15) is 16.7 Å². The molecule has 2 aromatic carbocycles. The van der Waals surface area contributed by atoms with Gasteiger partial charge in [-0.05, 0) is 30.5 Å². The molecule has 0 atom stereocenters. The van der Waals surface area contributed by atoms with Crippen LogP contribution in [0.3, 0.4) is 0 Å². The van der Waals surface area contributed by atoms with Crippen molar-refractivity contribution in [3.05, 3.63) is 65.2 Å². The Morgan fingerprint density at radius 1 is 0.812 bits per heavy atom. The average Bonchev–Trinajstić information content (AvgIpc) is 2.30. The molecule has 16 heavy (non-hydrogen) atoms. The molecule has 0 amide bonds. The molecule has 0 radical (unpaired) electrons. The van der Waals surface area contributed by atoms with Crippen LogP contribution >= 0.6 is 11.8 Å². The Morgan fingerprint density at radius 2 is 1.44 bits per heavy atom. The summed E-state index contributed by atoms with van der Waals surface area (Å²) in [4.78, 5) is 1.42. The van der Waals surface area contributed by atoms with Crippen LogP contribution in [0.5, 0.6) is 0 Å². The minimum absolute atomic E-state index is 1.05. The maximum Gasteiger partial charge on any atom is 0.0232 e. The lowest BCUT2D eigenvalue weighted by atomic mass is 10.2. The zero-order valence-corrected chi connectivity index (χ0v) is 10.6. The molecule has 0 aliphatic heterocycles. The molecule has 0 N–H and O–H groups in total. The van der Waals surface area contributed by atoms with Gasteiger partial charge in [0.05, 0.1) is 0 Å². The summed E-state index contributed by atoms with van der Waals surface area (Å²) >= 11 is 1.93. The minimum atomic E-state index is 1.05. The molecule has 0 fully saturated rings. The molecular formula is C15H16S. The van der Waals surface area contributed by atoms with E-state index in [4.69, 9.17) is 0 Å². The third kappa shape index (κ3) is 2.67. The van der Waals surface area contributed by atoms with Gasteiger partial charge in [-0.1, -0.05) is 48.5 Å². The van der Waals surface area contributed by atoms with Crippen LogP contribution in [0, 0.1) is 13.8 Å². The van der Waals surface area contributed by atoms with Crippen LogP contribution in [0.2, 0.25) is 0 Å². The van der Waals surface area contributed by atoms with E-state index in [1.807, 2.05) is 11.8 Å². The van der Waals surface area contributed by atoms with Crippen LogP contribution in [0.4, 0.5) is 0 Å². The quantitative estimate of drug-likeness (QED) is 0.692. The lowest BCUT2D eigenvalue weighted by molar-refractivity contribution is 1.21. The van der Waals surface area contributed by atoms with Crippen molar-refractivity contribution in [2.75, 3.05) is 0 Å². The SMILES string of the molecule is Cc1cccc(C)c1SCc1ccccc1. The molecule has 0 bridgehead atoms. The molecule has 0 aromatic heterocycles. The fourth-order valence-corrected chi connectivity index (χ4v) is 2.85. The molecule has 2 rings (SSSR count). The number of hydrogen-bond donors (Lipinski definition) is 0. The van der Waals surface area contributed by atoms with Gasteiger partial charge in [0.1, 0.15) is 0 Å². The van der Waals surface area contributed by atoms with E-state index in [9.17, 15) is 0 Å². The highest BCUT2D eigenvalue weighted by atomic mass is 32.2. The van der Waals surface area contributed by atoms with Gasteiger partial charge < -0.3 is 0 Å². The van der Waals surface area contributed by atoms with E-state index in [-0.39, 0.29) is 0 Å². The number of aryl methyl sites for hydroxylation is 2. The molecule has 1 heteroatoms. The smallest absolute Gasteiger partial charge is 0.0232 e. The van der Waals surface area contributed by atoms with Crippen molar-refractivity contribution in [3.8, 4) is 0 Å². The topological polar surface area (TPSA) is 0 Å². The van der Waals surface area contributed by atoms with Crippen LogP contribution in [0.25, 0.3) is 0 Å². The molecule has 82 valence electrons. The predicted molar refractivity (Wildman–Crippen MR) is 71.9 cm³/mol. The van der Waals surface area contributed by atoms with Crippen molar-refractivity contribution in [1.82, 2.24) is 0 Å². The normalized spacial score (nSPS) is 10.4. The van der Waals surface area contributed by atoms with Crippen LogP contribution in [-0.4, -0.2) is 0 Å². The van der Waals surface area contributed by atoms with Crippen molar-refractivity contribution in [3.63, 3.8) is 0 Å². The van der Waals surface area contributed by atoms with Gasteiger partial charge in [-0.2, -0.15) is 0 Å². The molecule has 0 spiro atoms. The zero-order chi connectivity index (χ0) is 11.4.